The summed E-state index contributed by atoms with van der Waals surface area (Å²) in [7, 11) is 0. The zero-order valence-electron chi connectivity index (χ0n) is 14.4. The molecule has 0 unspecified atom stereocenters. The molecule has 2 rings (SSSR count). The zero-order chi connectivity index (χ0) is 17.0. The Morgan fingerprint density at radius 2 is 1.42 bits per heavy atom. The van der Waals surface area contributed by atoms with Gasteiger partial charge < -0.3 is 9.47 Å². The molecular formula is C21H26O3. The minimum atomic E-state index is 0.313. The third-order valence-corrected chi connectivity index (χ3v) is 3.83. The van der Waals surface area contributed by atoms with Gasteiger partial charge in [0.15, 0.2) is 0 Å². The van der Waals surface area contributed by atoms with E-state index in [2.05, 4.69) is 0 Å². The van der Waals surface area contributed by atoms with Gasteiger partial charge in [-0.3, -0.25) is 4.79 Å². The summed E-state index contributed by atoms with van der Waals surface area (Å²) in [6.07, 6.45) is 3.97. The molecule has 0 aromatic heterocycles. The van der Waals surface area contributed by atoms with E-state index in [0.717, 1.165) is 30.8 Å². The maximum Gasteiger partial charge on any atom is 0.132 e. The monoisotopic (exact) mass is 326 g/mol. The van der Waals surface area contributed by atoms with E-state index in [-0.39, 0.29) is 0 Å². The number of ketones is 1. The van der Waals surface area contributed by atoms with E-state index in [9.17, 15) is 4.79 Å². The summed E-state index contributed by atoms with van der Waals surface area (Å²) in [4.78, 5) is 11.3. The van der Waals surface area contributed by atoms with Gasteiger partial charge in [-0.15, -0.1) is 0 Å². The highest BCUT2D eigenvalue weighted by atomic mass is 16.5. The molecule has 128 valence electrons. The first-order valence-corrected chi connectivity index (χ1v) is 8.69. The molecule has 2 aromatic carbocycles. The Balaban J connectivity index is 1.58. The number of unbranched alkanes of at least 4 members (excludes halogenated alkanes) is 1. The minimum Gasteiger partial charge on any atom is -0.494 e. The lowest BCUT2D eigenvalue weighted by atomic mass is 10.1. The van der Waals surface area contributed by atoms with Gasteiger partial charge in [-0.25, -0.2) is 0 Å². The van der Waals surface area contributed by atoms with E-state index in [4.69, 9.17) is 9.47 Å². The lowest BCUT2D eigenvalue weighted by Crippen LogP contribution is -2.02. The Labute approximate surface area is 144 Å². The molecule has 0 aliphatic carbocycles. The number of aryl methyl sites for hydroxylation is 1. The molecule has 0 N–H and O–H groups in total. The van der Waals surface area contributed by atoms with Gasteiger partial charge in [0.25, 0.3) is 0 Å². The van der Waals surface area contributed by atoms with Gasteiger partial charge >= 0.3 is 0 Å². The summed E-state index contributed by atoms with van der Waals surface area (Å²) in [5.41, 5.74) is 1.18. The predicted molar refractivity (Wildman–Crippen MR) is 96.7 cm³/mol. The third kappa shape index (κ3) is 6.86. The molecule has 0 atom stereocenters. The molecule has 0 fully saturated rings. The highest BCUT2D eigenvalue weighted by Crippen LogP contribution is 2.14. The smallest absolute Gasteiger partial charge is 0.132 e. The van der Waals surface area contributed by atoms with Crippen molar-refractivity contribution in [3.63, 3.8) is 0 Å². The first-order valence-electron chi connectivity index (χ1n) is 8.69. The van der Waals surface area contributed by atoms with Crippen molar-refractivity contribution in [2.75, 3.05) is 13.2 Å². The van der Waals surface area contributed by atoms with Crippen LogP contribution in [0, 0.1) is 0 Å². The molecule has 3 heteroatoms. The molecule has 2 aromatic rings. The summed E-state index contributed by atoms with van der Waals surface area (Å²) < 4.78 is 11.4. The van der Waals surface area contributed by atoms with Gasteiger partial charge in [-0.2, -0.15) is 0 Å². The number of hydrogen-bond donors (Lipinski definition) is 0. The van der Waals surface area contributed by atoms with Crippen molar-refractivity contribution in [2.24, 2.45) is 0 Å². The molecule has 24 heavy (non-hydrogen) atoms. The molecule has 0 aliphatic rings. The van der Waals surface area contributed by atoms with Gasteiger partial charge in [0.05, 0.1) is 13.2 Å². The molecule has 0 heterocycles. The Hall–Kier alpha value is -2.29. The first-order chi connectivity index (χ1) is 11.8. The van der Waals surface area contributed by atoms with Gasteiger partial charge in [-0.1, -0.05) is 37.3 Å². The Morgan fingerprint density at radius 3 is 2.00 bits per heavy atom. The van der Waals surface area contributed by atoms with Crippen molar-refractivity contribution >= 4 is 5.78 Å². The van der Waals surface area contributed by atoms with Crippen LogP contribution in [-0.4, -0.2) is 19.0 Å². The van der Waals surface area contributed by atoms with E-state index in [1.165, 1.54) is 5.56 Å². The van der Waals surface area contributed by atoms with Crippen LogP contribution in [0.4, 0.5) is 0 Å². The topological polar surface area (TPSA) is 35.5 Å². The molecule has 0 saturated heterocycles. The Bertz CT molecular complexity index is 590. The maximum absolute atomic E-state index is 11.3. The van der Waals surface area contributed by atoms with Crippen LogP contribution in [-0.2, 0) is 11.2 Å². The van der Waals surface area contributed by atoms with Crippen LogP contribution in [0.2, 0.25) is 0 Å². The van der Waals surface area contributed by atoms with Crippen molar-refractivity contribution in [3.8, 4) is 11.5 Å². The predicted octanol–water partition coefficient (Wildman–Crippen LogP) is 4.84. The van der Waals surface area contributed by atoms with Crippen molar-refractivity contribution in [1.82, 2.24) is 0 Å². The molecular weight excluding hydrogens is 300 g/mol. The second kappa shape index (κ2) is 10.5. The lowest BCUT2D eigenvalue weighted by molar-refractivity contribution is -0.118. The standard InChI is InChI=1S/C21H26O3/c1-2-19(22)13-10-18-11-14-21(15-12-18)24-17-7-6-16-23-20-8-4-3-5-9-20/h3-5,8-9,11-12,14-15H,2,6-7,10,13,16-17H2,1H3. The Kier molecular flexibility index (Phi) is 7.88. The highest BCUT2D eigenvalue weighted by Gasteiger charge is 2.01. The second-order valence-corrected chi connectivity index (χ2v) is 5.75. The fourth-order valence-electron chi connectivity index (χ4n) is 2.31. The largest absolute Gasteiger partial charge is 0.494 e. The number of carbonyl (C=O) groups is 1. The number of Topliss-reactive ketones (excluding diaryl/α,β-unsaturated/α-hetero) is 1. The van der Waals surface area contributed by atoms with Crippen LogP contribution in [0.25, 0.3) is 0 Å². The third-order valence-electron chi connectivity index (χ3n) is 3.83. The van der Waals surface area contributed by atoms with Crippen LogP contribution < -0.4 is 9.47 Å². The Morgan fingerprint density at radius 1 is 0.833 bits per heavy atom. The fraction of sp³-hybridized carbons (Fsp3) is 0.381. The zero-order valence-corrected chi connectivity index (χ0v) is 14.4. The van der Waals surface area contributed by atoms with E-state index >= 15 is 0 Å². The van der Waals surface area contributed by atoms with Crippen molar-refractivity contribution in [1.29, 1.82) is 0 Å². The first kappa shape index (κ1) is 18.1. The van der Waals surface area contributed by atoms with Crippen LogP contribution in [0.3, 0.4) is 0 Å². The van der Waals surface area contributed by atoms with Crippen LogP contribution in [0.15, 0.2) is 54.6 Å². The average Bonchev–Trinajstić information content (AvgIpc) is 2.64. The number of para-hydroxylation sites is 1. The normalized spacial score (nSPS) is 10.4. The second-order valence-electron chi connectivity index (χ2n) is 5.75. The molecule has 0 amide bonds. The summed E-state index contributed by atoms with van der Waals surface area (Å²) in [5.74, 6) is 2.10. The highest BCUT2D eigenvalue weighted by molar-refractivity contribution is 5.78. The van der Waals surface area contributed by atoms with Crippen LogP contribution >= 0.6 is 0 Å². The van der Waals surface area contributed by atoms with E-state index in [1.807, 2.05) is 61.5 Å². The lowest BCUT2D eigenvalue weighted by Gasteiger charge is -2.08. The molecule has 0 radical (unpaired) electrons. The molecule has 3 nitrogen and oxygen atoms in total. The molecule has 0 bridgehead atoms. The average molecular weight is 326 g/mol. The minimum absolute atomic E-state index is 0.313. The number of rotatable bonds is 11. The number of ether oxygens (including phenoxy) is 2. The van der Waals surface area contributed by atoms with E-state index in [1.54, 1.807) is 0 Å². The summed E-state index contributed by atoms with van der Waals surface area (Å²) in [5, 5.41) is 0. The molecule has 0 saturated carbocycles. The van der Waals surface area contributed by atoms with Gasteiger partial charge in [0.2, 0.25) is 0 Å². The number of hydrogen-bond acceptors (Lipinski definition) is 3. The van der Waals surface area contributed by atoms with E-state index < -0.39 is 0 Å². The summed E-state index contributed by atoms with van der Waals surface area (Å²) >= 11 is 0. The van der Waals surface area contributed by atoms with E-state index in [0.29, 0.717) is 31.8 Å². The van der Waals surface area contributed by atoms with Crippen molar-refractivity contribution < 1.29 is 14.3 Å². The maximum atomic E-state index is 11.3. The van der Waals surface area contributed by atoms with Gasteiger partial charge in [0.1, 0.15) is 17.3 Å². The van der Waals surface area contributed by atoms with Crippen LogP contribution in [0.5, 0.6) is 11.5 Å². The molecule has 0 spiro atoms. The SMILES string of the molecule is CCC(=O)CCc1ccc(OCCCCOc2ccccc2)cc1. The quantitative estimate of drug-likeness (QED) is 0.554. The van der Waals surface area contributed by atoms with Crippen molar-refractivity contribution in [2.45, 2.75) is 39.0 Å². The van der Waals surface area contributed by atoms with Gasteiger partial charge in [-0.05, 0) is 49.1 Å². The number of carbonyl (C=O) groups excluding carboxylic acids is 1. The summed E-state index contributed by atoms with van der Waals surface area (Å²) in [6, 6.07) is 17.9. The van der Waals surface area contributed by atoms with Gasteiger partial charge in [0, 0.05) is 12.8 Å². The molecule has 0 aliphatic heterocycles. The van der Waals surface area contributed by atoms with Crippen molar-refractivity contribution in [3.05, 3.63) is 60.2 Å². The fourth-order valence-corrected chi connectivity index (χ4v) is 2.31. The number of benzene rings is 2. The summed E-state index contributed by atoms with van der Waals surface area (Å²) in [6.45, 7) is 3.30. The van der Waals surface area contributed by atoms with Crippen LogP contribution in [0.1, 0.15) is 38.2 Å².